The SMILES string of the molecule is N#CCCN(Cc1cccnc1)C(=O)CNC(=O)NCc1ccc(F)cc1. The molecule has 0 aliphatic rings. The Bertz CT molecular complexity index is 790. The van der Waals surface area contributed by atoms with Crippen LogP contribution in [0.5, 0.6) is 0 Å². The summed E-state index contributed by atoms with van der Waals surface area (Å²) >= 11 is 0. The summed E-state index contributed by atoms with van der Waals surface area (Å²) in [6.45, 7) is 0.603. The highest BCUT2D eigenvalue weighted by Crippen LogP contribution is 2.04. The first kappa shape index (κ1) is 19.8. The predicted molar refractivity (Wildman–Crippen MR) is 96.5 cm³/mol. The number of rotatable bonds is 8. The van der Waals surface area contributed by atoms with Crippen molar-refractivity contribution in [1.29, 1.82) is 5.26 Å². The van der Waals surface area contributed by atoms with E-state index >= 15 is 0 Å². The Labute approximate surface area is 156 Å². The van der Waals surface area contributed by atoms with E-state index in [9.17, 15) is 14.0 Å². The van der Waals surface area contributed by atoms with Crippen molar-refractivity contribution in [2.75, 3.05) is 13.1 Å². The molecule has 0 spiro atoms. The molecule has 2 aromatic rings. The summed E-state index contributed by atoms with van der Waals surface area (Å²) in [6.07, 6.45) is 3.48. The summed E-state index contributed by atoms with van der Waals surface area (Å²) in [6, 6.07) is 10.9. The molecule has 7 nitrogen and oxygen atoms in total. The van der Waals surface area contributed by atoms with Crippen molar-refractivity contribution in [3.63, 3.8) is 0 Å². The molecule has 140 valence electrons. The lowest BCUT2D eigenvalue weighted by Crippen LogP contribution is -2.43. The highest BCUT2D eigenvalue weighted by molar-refractivity contribution is 5.84. The zero-order valence-electron chi connectivity index (χ0n) is 14.7. The first-order chi connectivity index (χ1) is 13.1. The number of nitrogens with one attached hydrogen (secondary N) is 2. The highest BCUT2D eigenvalue weighted by Gasteiger charge is 2.15. The van der Waals surface area contributed by atoms with E-state index in [1.54, 1.807) is 30.6 Å². The standard InChI is InChI=1S/C19H20FN5O2/c20-17-6-4-15(5-7-17)12-23-19(27)24-13-18(26)25(10-2-8-21)14-16-3-1-9-22-11-16/h1,3-7,9,11H,2,10,12-14H2,(H2,23,24,27). The number of hydrogen-bond acceptors (Lipinski definition) is 4. The van der Waals surface area contributed by atoms with Crippen LogP contribution in [0, 0.1) is 17.1 Å². The smallest absolute Gasteiger partial charge is 0.315 e. The fourth-order valence-corrected chi connectivity index (χ4v) is 2.30. The third-order valence-electron chi connectivity index (χ3n) is 3.71. The minimum Gasteiger partial charge on any atom is -0.336 e. The molecule has 0 aliphatic carbocycles. The van der Waals surface area contributed by atoms with Crippen molar-refractivity contribution in [3.8, 4) is 6.07 Å². The number of amides is 3. The molecule has 0 radical (unpaired) electrons. The van der Waals surface area contributed by atoms with E-state index < -0.39 is 6.03 Å². The van der Waals surface area contributed by atoms with Gasteiger partial charge >= 0.3 is 6.03 Å². The summed E-state index contributed by atoms with van der Waals surface area (Å²) < 4.78 is 12.8. The fourth-order valence-electron chi connectivity index (χ4n) is 2.30. The highest BCUT2D eigenvalue weighted by atomic mass is 19.1. The number of benzene rings is 1. The van der Waals surface area contributed by atoms with E-state index in [-0.39, 0.29) is 37.8 Å². The molecule has 27 heavy (non-hydrogen) atoms. The Morgan fingerprint density at radius 3 is 2.59 bits per heavy atom. The molecule has 0 fully saturated rings. The van der Waals surface area contributed by atoms with Gasteiger partial charge in [-0.15, -0.1) is 0 Å². The van der Waals surface area contributed by atoms with Gasteiger partial charge < -0.3 is 15.5 Å². The number of nitrogens with zero attached hydrogens (tertiary/aromatic N) is 3. The van der Waals surface area contributed by atoms with Gasteiger partial charge in [-0.2, -0.15) is 5.26 Å². The molecule has 1 aromatic carbocycles. The van der Waals surface area contributed by atoms with E-state index in [2.05, 4.69) is 15.6 Å². The van der Waals surface area contributed by atoms with E-state index in [1.807, 2.05) is 12.1 Å². The zero-order chi connectivity index (χ0) is 19.5. The summed E-state index contributed by atoms with van der Waals surface area (Å²) in [5.74, 6) is -0.647. The third-order valence-corrected chi connectivity index (χ3v) is 3.71. The largest absolute Gasteiger partial charge is 0.336 e. The maximum absolute atomic E-state index is 12.8. The van der Waals surface area contributed by atoms with E-state index in [0.717, 1.165) is 11.1 Å². The molecule has 1 aromatic heterocycles. The van der Waals surface area contributed by atoms with E-state index in [4.69, 9.17) is 5.26 Å². The molecule has 2 rings (SSSR count). The van der Waals surface area contributed by atoms with E-state index in [1.165, 1.54) is 17.0 Å². The molecule has 0 unspecified atom stereocenters. The van der Waals surface area contributed by atoms with Crippen LogP contribution in [0.15, 0.2) is 48.8 Å². The van der Waals surface area contributed by atoms with Gasteiger partial charge in [0.05, 0.1) is 19.0 Å². The predicted octanol–water partition coefficient (Wildman–Crippen LogP) is 1.96. The van der Waals surface area contributed by atoms with Gasteiger partial charge in [-0.05, 0) is 29.3 Å². The van der Waals surface area contributed by atoms with Crippen LogP contribution in [0.4, 0.5) is 9.18 Å². The Morgan fingerprint density at radius 1 is 1.15 bits per heavy atom. The number of carbonyl (C=O) groups excluding carboxylic acids is 2. The second-order valence-electron chi connectivity index (χ2n) is 5.75. The normalized spacial score (nSPS) is 9.93. The molecule has 2 N–H and O–H groups in total. The number of hydrogen-bond donors (Lipinski definition) is 2. The van der Waals surface area contributed by atoms with Crippen LogP contribution in [0.2, 0.25) is 0 Å². The van der Waals surface area contributed by atoms with Gasteiger partial charge in [0.2, 0.25) is 5.91 Å². The topological polar surface area (TPSA) is 98.1 Å². The second-order valence-corrected chi connectivity index (χ2v) is 5.75. The number of nitriles is 1. The van der Waals surface area contributed by atoms with Gasteiger partial charge in [-0.25, -0.2) is 9.18 Å². The van der Waals surface area contributed by atoms with Crippen LogP contribution < -0.4 is 10.6 Å². The van der Waals surface area contributed by atoms with Gasteiger partial charge in [-0.3, -0.25) is 9.78 Å². The third kappa shape index (κ3) is 7.12. The molecular weight excluding hydrogens is 349 g/mol. The molecular formula is C19H20FN5O2. The molecule has 8 heteroatoms. The monoisotopic (exact) mass is 369 g/mol. The van der Waals surface area contributed by atoms with Crippen molar-refractivity contribution >= 4 is 11.9 Å². The Kier molecular flexibility index (Phi) is 7.72. The first-order valence-electron chi connectivity index (χ1n) is 8.38. The number of pyridine rings is 1. The van der Waals surface area contributed by atoms with Gasteiger partial charge in [0.1, 0.15) is 5.82 Å². The van der Waals surface area contributed by atoms with Crippen LogP contribution >= 0.6 is 0 Å². The molecule has 0 saturated heterocycles. The molecule has 1 heterocycles. The van der Waals surface area contributed by atoms with Gasteiger partial charge in [0, 0.05) is 32.0 Å². The number of urea groups is 1. The van der Waals surface area contributed by atoms with Crippen molar-refractivity contribution < 1.29 is 14.0 Å². The van der Waals surface area contributed by atoms with Crippen molar-refractivity contribution in [2.45, 2.75) is 19.5 Å². The van der Waals surface area contributed by atoms with Crippen LogP contribution in [-0.2, 0) is 17.9 Å². The lowest BCUT2D eigenvalue weighted by molar-refractivity contribution is -0.130. The second kappa shape index (κ2) is 10.5. The Balaban J connectivity index is 1.81. The Morgan fingerprint density at radius 2 is 1.93 bits per heavy atom. The summed E-state index contributed by atoms with van der Waals surface area (Å²) in [4.78, 5) is 29.7. The molecule has 3 amide bonds. The van der Waals surface area contributed by atoms with E-state index in [0.29, 0.717) is 6.54 Å². The first-order valence-corrected chi connectivity index (χ1v) is 8.38. The van der Waals surface area contributed by atoms with Gasteiger partial charge in [0.15, 0.2) is 0 Å². The van der Waals surface area contributed by atoms with Crippen molar-refractivity contribution in [3.05, 3.63) is 65.7 Å². The van der Waals surface area contributed by atoms with Crippen molar-refractivity contribution in [1.82, 2.24) is 20.5 Å². The molecule has 0 aliphatic heterocycles. The number of aromatic nitrogens is 1. The van der Waals surface area contributed by atoms with Crippen LogP contribution in [-0.4, -0.2) is 34.9 Å². The number of halogens is 1. The summed E-state index contributed by atoms with van der Waals surface area (Å²) in [5, 5.41) is 13.9. The molecule has 0 bridgehead atoms. The summed E-state index contributed by atoms with van der Waals surface area (Å²) in [5.41, 5.74) is 1.58. The summed E-state index contributed by atoms with van der Waals surface area (Å²) in [7, 11) is 0. The van der Waals surface area contributed by atoms with Gasteiger partial charge in [0.25, 0.3) is 0 Å². The minimum absolute atomic E-state index is 0.194. The fraction of sp³-hybridized carbons (Fsp3) is 0.263. The average molecular weight is 369 g/mol. The van der Waals surface area contributed by atoms with Crippen LogP contribution in [0.25, 0.3) is 0 Å². The number of carbonyl (C=O) groups is 2. The Hall–Kier alpha value is -3.47. The average Bonchev–Trinajstić information content (AvgIpc) is 2.69. The van der Waals surface area contributed by atoms with Gasteiger partial charge in [-0.1, -0.05) is 18.2 Å². The lowest BCUT2D eigenvalue weighted by Gasteiger charge is -2.22. The van der Waals surface area contributed by atoms with Crippen LogP contribution in [0.3, 0.4) is 0 Å². The maximum Gasteiger partial charge on any atom is 0.315 e. The lowest BCUT2D eigenvalue weighted by atomic mass is 10.2. The van der Waals surface area contributed by atoms with Crippen molar-refractivity contribution in [2.24, 2.45) is 0 Å². The zero-order valence-corrected chi connectivity index (χ0v) is 14.7. The van der Waals surface area contributed by atoms with Crippen LogP contribution in [0.1, 0.15) is 17.5 Å². The molecule has 0 saturated carbocycles. The minimum atomic E-state index is -0.505. The molecule has 0 atom stereocenters. The maximum atomic E-state index is 12.8. The quantitative estimate of drug-likeness (QED) is 0.743.